The lowest BCUT2D eigenvalue weighted by atomic mass is 9.67. The third-order valence-corrected chi connectivity index (χ3v) is 3.11. The summed E-state index contributed by atoms with van der Waals surface area (Å²) < 4.78 is 0.330. The SMILES string of the molecule is CC1(C)CC(C)(S)CC(C)(S)C1. The predicted molar refractivity (Wildman–Crippen MR) is 62.4 cm³/mol. The highest BCUT2D eigenvalue weighted by atomic mass is 32.1. The Bertz CT molecular complexity index is 135. The van der Waals surface area contributed by atoms with Crippen molar-refractivity contribution in [1.82, 2.24) is 0 Å². The maximum absolute atomic E-state index is 4.70. The second kappa shape index (κ2) is 2.84. The van der Waals surface area contributed by atoms with Crippen LogP contribution in [-0.2, 0) is 0 Å². The van der Waals surface area contributed by atoms with E-state index in [-0.39, 0.29) is 9.49 Å². The molecule has 2 unspecified atom stereocenters. The van der Waals surface area contributed by atoms with E-state index in [1.54, 1.807) is 0 Å². The molecule has 1 fully saturated rings. The van der Waals surface area contributed by atoms with Gasteiger partial charge in [0.25, 0.3) is 0 Å². The summed E-state index contributed by atoms with van der Waals surface area (Å²) >= 11 is 9.39. The Morgan fingerprint density at radius 2 is 1.08 bits per heavy atom. The van der Waals surface area contributed by atoms with Crippen LogP contribution in [0.25, 0.3) is 0 Å². The highest BCUT2D eigenvalue weighted by Gasteiger charge is 2.43. The zero-order valence-electron chi connectivity index (χ0n) is 8.52. The van der Waals surface area contributed by atoms with Gasteiger partial charge in [0.2, 0.25) is 0 Å². The molecule has 0 nitrogen and oxygen atoms in total. The molecule has 2 heteroatoms. The molecule has 0 bridgehead atoms. The van der Waals surface area contributed by atoms with E-state index in [4.69, 9.17) is 25.3 Å². The zero-order valence-corrected chi connectivity index (χ0v) is 10.3. The first-order chi connectivity index (χ1) is 5.12. The van der Waals surface area contributed by atoms with Gasteiger partial charge < -0.3 is 0 Å². The van der Waals surface area contributed by atoms with Crippen molar-refractivity contribution in [3.05, 3.63) is 0 Å². The Kier molecular flexibility index (Phi) is 2.56. The van der Waals surface area contributed by atoms with Gasteiger partial charge in [-0.1, -0.05) is 27.7 Å². The molecule has 0 heterocycles. The van der Waals surface area contributed by atoms with Crippen molar-refractivity contribution >= 4 is 25.3 Å². The maximum atomic E-state index is 4.70. The van der Waals surface area contributed by atoms with Crippen LogP contribution in [-0.4, -0.2) is 9.49 Å². The van der Waals surface area contributed by atoms with Crippen LogP contribution in [0.4, 0.5) is 0 Å². The molecule has 0 spiro atoms. The summed E-state index contributed by atoms with van der Waals surface area (Å²) in [7, 11) is 0. The molecule has 1 aliphatic carbocycles. The van der Waals surface area contributed by atoms with Crippen molar-refractivity contribution in [1.29, 1.82) is 0 Å². The summed E-state index contributed by atoms with van der Waals surface area (Å²) in [4.78, 5) is 0. The van der Waals surface area contributed by atoms with Gasteiger partial charge in [0.1, 0.15) is 0 Å². The van der Waals surface area contributed by atoms with Gasteiger partial charge >= 0.3 is 0 Å². The lowest BCUT2D eigenvalue weighted by Crippen LogP contribution is -2.43. The summed E-state index contributed by atoms with van der Waals surface area (Å²) in [5.74, 6) is 0. The average molecular weight is 204 g/mol. The quantitative estimate of drug-likeness (QED) is 0.554. The fourth-order valence-corrected chi connectivity index (χ4v) is 4.75. The van der Waals surface area contributed by atoms with Crippen molar-refractivity contribution in [2.75, 3.05) is 0 Å². The molecule has 0 radical (unpaired) electrons. The third kappa shape index (κ3) is 2.88. The van der Waals surface area contributed by atoms with E-state index in [1.165, 1.54) is 12.8 Å². The standard InChI is InChI=1S/C10H20S2/c1-8(2)5-9(3,11)7-10(4,12)6-8/h11-12H,5-7H2,1-4H3. The molecule has 0 amide bonds. The van der Waals surface area contributed by atoms with Crippen molar-refractivity contribution < 1.29 is 0 Å². The van der Waals surface area contributed by atoms with Crippen LogP contribution in [0.5, 0.6) is 0 Å². The molecule has 1 aliphatic rings. The van der Waals surface area contributed by atoms with Crippen molar-refractivity contribution in [3.8, 4) is 0 Å². The molecular weight excluding hydrogens is 184 g/mol. The van der Waals surface area contributed by atoms with E-state index in [2.05, 4.69) is 27.7 Å². The number of hydrogen-bond acceptors (Lipinski definition) is 2. The second-order valence-electron chi connectivity index (χ2n) is 5.69. The molecule has 0 aromatic rings. The second-order valence-corrected chi connectivity index (χ2v) is 7.85. The number of thiol groups is 2. The Balaban J connectivity index is 2.81. The summed E-state index contributed by atoms with van der Waals surface area (Å²) in [6.45, 7) is 9.08. The minimum Gasteiger partial charge on any atom is -0.173 e. The minimum absolute atomic E-state index is 0.165. The van der Waals surface area contributed by atoms with Crippen molar-refractivity contribution in [2.24, 2.45) is 5.41 Å². The fraction of sp³-hybridized carbons (Fsp3) is 1.00. The normalized spacial score (nSPS) is 47.5. The zero-order chi connectivity index (χ0) is 9.62. The van der Waals surface area contributed by atoms with Gasteiger partial charge in [0, 0.05) is 9.49 Å². The largest absolute Gasteiger partial charge is 0.173 e. The van der Waals surface area contributed by atoms with Crippen LogP contribution < -0.4 is 0 Å². The van der Waals surface area contributed by atoms with Crippen LogP contribution in [0.3, 0.4) is 0 Å². The van der Waals surface area contributed by atoms with Gasteiger partial charge in [0.05, 0.1) is 0 Å². The molecule has 72 valence electrons. The predicted octanol–water partition coefficient (Wildman–Crippen LogP) is 3.57. The van der Waals surface area contributed by atoms with E-state index in [1.807, 2.05) is 0 Å². The monoisotopic (exact) mass is 204 g/mol. The number of hydrogen-bond donors (Lipinski definition) is 2. The molecule has 0 aliphatic heterocycles. The van der Waals surface area contributed by atoms with Crippen LogP contribution in [0, 0.1) is 5.41 Å². The molecule has 0 aromatic carbocycles. The topological polar surface area (TPSA) is 0 Å². The van der Waals surface area contributed by atoms with Crippen LogP contribution >= 0.6 is 25.3 Å². The van der Waals surface area contributed by atoms with E-state index in [9.17, 15) is 0 Å². The maximum Gasteiger partial charge on any atom is 0.0119 e. The summed E-state index contributed by atoms with van der Waals surface area (Å²) in [6.07, 6.45) is 3.49. The highest BCUT2D eigenvalue weighted by Crippen LogP contribution is 2.50. The van der Waals surface area contributed by atoms with Gasteiger partial charge in [-0.25, -0.2) is 0 Å². The Labute approximate surface area is 87.3 Å². The van der Waals surface area contributed by atoms with Crippen LogP contribution in [0.1, 0.15) is 47.0 Å². The van der Waals surface area contributed by atoms with Gasteiger partial charge in [-0.15, -0.1) is 0 Å². The highest BCUT2D eigenvalue weighted by molar-refractivity contribution is 7.82. The van der Waals surface area contributed by atoms with E-state index in [0.29, 0.717) is 5.41 Å². The van der Waals surface area contributed by atoms with Crippen LogP contribution in [0.2, 0.25) is 0 Å². The molecule has 0 N–H and O–H groups in total. The first-order valence-electron chi connectivity index (χ1n) is 4.57. The lowest BCUT2D eigenvalue weighted by Gasteiger charge is -2.48. The summed E-state index contributed by atoms with van der Waals surface area (Å²) in [5.41, 5.74) is 0.394. The molecule has 1 saturated carbocycles. The number of rotatable bonds is 0. The average Bonchev–Trinajstić information content (AvgIpc) is 1.44. The van der Waals surface area contributed by atoms with Gasteiger partial charge in [-0.05, 0) is 24.7 Å². The molecule has 2 atom stereocenters. The smallest absolute Gasteiger partial charge is 0.0119 e. The minimum atomic E-state index is 0.165. The summed E-state index contributed by atoms with van der Waals surface area (Å²) in [5, 5.41) is 0. The van der Waals surface area contributed by atoms with Crippen molar-refractivity contribution in [2.45, 2.75) is 56.5 Å². The molecule has 1 rings (SSSR count). The lowest BCUT2D eigenvalue weighted by molar-refractivity contribution is 0.181. The Morgan fingerprint density at radius 3 is 1.33 bits per heavy atom. The third-order valence-electron chi connectivity index (χ3n) is 2.48. The fourth-order valence-electron chi connectivity index (χ4n) is 3.07. The molecule has 12 heavy (non-hydrogen) atoms. The first-order valence-corrected chi connectivity index (χ1v) is 5.46. The molecular formula is C10H20S2. The van der Waals surface area contributed by atoms with E-state index in [0.717, 1.165) is 6.42 Å². The molecule has 0 aromatic heterocycles. The Hall–Kier alpha value is 0.700. The van der Waals surface area contributed by atoms with Gasteiger partial charge in [0.15, 0.2) is 0 Å². The van der Waals surface area contributed by atoms with Crippen LogP contribution in [0.15, 0.2) is 0 Å². The van der Waals surface area contributed by atoms with Gasteiger partial charge in [-0.2, -0.15) is 25.3 Å². The Morgan fingerprint density at radius 1 is 0.750 bits per heavy atom. The van der Waals surface area contributed by atoms with E-state index >= 15 is 0 Å². The van der Waals surface area contributed by atoms with Gasteiger partial charge in [-0.3, -0.25) is 0 Å². The van der Waals surface area contributed by atoms with E-state index < -0.39 is 0 Å². The first kappa shape index (κ1) is 10.8. The molecule has 0 saturated heterocycles. The summed E-state index contributed by atoms with van der Waals surface area (Å²) in [6, 6.07) is 0. The van der Waals surface area contributed by atoms with Crippen molar-refractivity contribution in [3.63, 3.8) is 0 Å².